The Kier molecular flexibility index (Phi) is 9.78. The minimum atomic E-state index is 0.216. The van der Waals surface area contributed by atoms with Crippen molar-refractivity contribution in [3.05, 3.63) is 35.5 Å². The fourth-order valence-corrected chi connectivity index (χ4v) is 1.76. The van der Waals surface area contributed by atoms with Crippen LogP contribution in [0.4, 0.5) is 0 Å². The molecule has 0 fully saturated rings. The van der Waals surface area contributed by atoms with Crippen molar-refractivity contribution in [1.29, 1.82) is 0 Å². The summed E-state index contributed by atoms with van der Waals surface area (Å²) < 4.78 is 0. The van der Waals surface area contributed by atoms with Gasteiger partial charge in [0.1, 0.15) is 0 Å². The van der Waals surface area contributed by atoms with Crippen LogP contribution in [0.2, 0.25) is 0 Å². The van der Waals surface area contributed by atoms with E-state index in [1.165, 1.54) is 11.1 Å². The molecule has 0 saturated carbocycles. The number of unbranched alkanes of at least 4 members (excludes halogenated alkanes) is 1. The summed E-state index contributed by atoms with van der Waals surface area (Å²) in [6.45, 7) is 8.69. The number of rotatable bonds is 9. The van der Waals surface area contributed by atoms with E-state index in [9.17, 15) is 0 Å². The lowest BCUT2D eigenvalue weighted by molar-refractivity contribution is 0.285. The van der Waals surface area contributed by atoms with Crippen molar-refractivity contribution in [2.75, 3.05) is 13.2 Å². The Morgan fingerprint density at radius 3 is 2.35 bits per heavy atom. The highest BCUT2D eigenvalue weighted by Gasteiger charge is 1.96. The van der Waals surface area contributed by atoms with E-state index >= 15 is 0 Å². The van der Waals surface area contributed by atoms with Crippen LogP contribution in [0.25, 0.3) is 0 Å². The van der Waals surface area contributed by atoms with E-state index in [0.29, 0.717) is 0 Å². The molecule has 0 amide bonds. The average Bonchev–Trinajstić information content (AvgIpc) is 2.26. The molecule has 17 heavy (non-hydrogen) atoms. The summed E-state index contributed by atoms with van der Waals surface area (Å²) >= 11 is 0. The second-order valence-electron chi connectivity index (χ2n) is 4.57. The summed E-state index contributed by atoms with van der Waals surface area (Å²) in [6, 6.07) is 0. The lowest BCUT2D eigenvalue weighted by atomic mass is 10.0. The number of hydrogen-bond acceptors (Lipinski definition) is 2. The van der Waals surface area contributed by atoms with Crippen molar-refractivity contribution in [3.63, 3.8) is 0 Å². The Morgan fingerprint density at radius 2 is 1.76 bits per heavy atom. The smallest absolute Gasteiger partial charge is 0.0465 e. The van der Waals surface area contributed by atoms with Gasteiger partial charge in [-0.25, -0.2) is 0 Å². The van der Waals surface area contributed by atoms with Gasteiger partial charge in [-0.1, -0.05) is 35.5 Å². The SMILES string of the molecule is C=C(/C=C(\C)C/C(C)=C/CCO)CCCCO. The molecule has 0 aromatic rings. The molecule has 2 nitrogen and oxygen atoms in total. The van der Waals surface area contributed by atoms with Gasteiger partial charge in [-0.05, 0) is 46.0 Å². The predicted octanol–water partition coefficient (Wildman–Crippen LogP) is 3.37. The summed E-state index contributed by atoms with van der Waals surface area (Å²) in [5, 5.41) is 17.4. The third kappa shape index (κ3) is 10.0. The minimum absolute atomic E-state index is 0.216. The molecule has 0 spiro atoms. The van der Waals surface area contributed by atoms with Crippen LogP contribution in [0.15, 0.2) is 35.5 Å². The van der Waals surface area contributed by atoms with Crippen LogP contribution in [-0.2, 0) is 0 Å². The van der Waals surface area contributed by atoms with Crippen LogP contribution in [0.5, 0.6) is 0 Å². The van der Waals surface area contributed by atoms with Gasteiger partial charge in [0, 0.05) is 13.2 Å². The van der Waals surface area contributed by atoms with E-state index in [1.807, 2.05) is 0 Å². The number of allylic oxidation sites excluding steroid dienone is 4. The van der Waals surface area contributed by atoms with Crippen LogP contribution in [0.1, 0.15) is 46.0 Å². The van der Waals surface area contributed by atoms with Crippen LogP contribution < -0.4 is 0 Å². The Bertz CT molecular complexity index is 275. The van der Waals surface area contributed by atoms with Gasteiger partial charge in [-0.2, -0.15) is 0 Å². The number of hydrogen-bond donors (Lipinski definition) is 2. The molecule has 0 aliphatic carbocycles. The molecule has 0 aromatic heterocycles. The lowest BCUT2D eigenvalue weighted by Crippen LogP contribution is -1.87. The topological polar surface area (TPSA) is 40.5 Å². The summed E-state index contributed by atoms with van der Waals surface area (Å²) in [7, 11) is 0. The van der Waals surface area contributed by atoms with Crippen LogP contribution in [0, 0.1) is 0 Å². The van der Waals surface area contributed by atoms with Gasteiger partial charge < -0.3 is 10.2 Å². The molecule has 0 atom stereocenters. The molecule has 0 aliphatic heterocycles. The monoisotopic (exact) mass is 238 g/mol. The fourth-order valence-electron chi connectivity index (χ4n) is 1.76. The number of aliphatic hydroxyl groups is 2. The van der Waals surface area contributed by atoms with Crippen LogP contribution in [-0.4, -0.2) is 23.4 Å². The third-order valence-electron chi connectivity index (χ3n) is 2.54. The molecule has 0 aliphatic rings. The maximum Gasteiger partial charge on any atom is 0.0465 e. The first kappa shape index (κ1) is 16.1. The minimum Gasteiger partial charge on any atom is -0.396 e. The average molecular weight is 238 g/mol. The Balaban J connectivity index is 4.02. The highest BCUT2D eigenvalue weighted by molar-refractivity contribution is 5.23. The van der Waals surface area contributed by atoms with Crippen molar-refractivity contribution in [1.82, 2.24) is 0 Å². The zero-order valence-corrected chi connectivity index (χ0v) is 11.2. The largest absolute Gasteiger partial charge is 0.396 e. The maximum absolute atomic E-state index is 8.72. The molecule has 2 N–H and O–H groups in total. The second-order valence-corrected chi connectivity index (χ2v) is 4.57. The summed E-state index contributed by atoms with van der Waals surface area (Å²) in [5.74, 6) is 0. The highest BCUT2D eigenvalue weighted by Crippen LogP contribution is 2.15. The molecule has 0 unspecified atom stereocenters. The summed E-state index contributed by atoms with van der Waals surface area (Å²) in [4.78, 5) is 0. The number of aliphatic hydroxyl groups excluding tert-OH is 2. The third-order valence-corrected chi connectivity index (χ3v) is 2.54. The van der Waals surface area contributed by atoms with Gasteiger partial charge in [-0.15, -0.1) is 0 Å². The Hall–Kier alpha value is -0.860. The van der Waals surface area contributed by atoms with Crippen molar-refractivity contribution < 1.29 is 10.2 Å². The quantitative estimate of drug-likeness (QED) is 0.367. The summed E-state index contributed by atoms with van der Waals surface area (Å²) in [6.07, 6.45) is 8.69. The summed E-state index contributed by atoms with van der Waals surface area (Å²) in [5.41, 5.74) is 3.72. The van der Waals surface area contributed by atoms with Crippen molar-refractivity contribution >= 4 is 0 Å². The van der Waals surface area contributed by atoms with E-state index in [4.69, 9.17) is 10.2 Å². The molecular formula is C15H26O2. The van der Waals surface area contributed by atoms with Crippen LogP contribution in [0.3, 0.4) is 0 Å². The molecule has 0 radical (unpaired) electrons. The molecule has 0 bridgehead atoms. The molecular weight excluding hydrogens is 212 g/mol. The van der Waals surface area contributed by atoms with Gasteiger partial charge >= 0.3 is 0 Å². The van der Waals surface area contributed by atoms with Crippen molar-refractivity contribution in [2.45, 2.75) is 46.0 Å². The zero-order valence-electron chi connectivity index (χ0n) is 11.2. The fraction of sp³-hybridized carbons (Fsp3) is 0.600. The van der Waals surface area contributed by atoms with E-state index in [-0.39, 0.29) is 13.2 Å². The predicted molar refractivity (Wildman–Crippen MR) is 73.9 cm³/mol. The van der Waals surface area contributed by atoms with Crippen LogP contribution >= 0.6 is 0 Å². The first-order valence-electron chi connectivity index (χ1n) is 6.32. The standard InChI is InChI=1S/C15H26O2/c1-13(7-4-5-9-16)11-15(3)12-14(2)8-6-10-17/h8,11,16-17H,1,4-7,9-10,12H2,2-3H3/b14-8+,15-11+. The van der Waals surface area contributed by atoms with E-state index in [1.54, 1.807) is 0 Å². The van der Waals surface area contributed by atoms with E-state index in [0.717, 1.165) is 37.7 Å². The molecule has 0 rings (SSSR count). The van der Waals surface area contributed by atoms with Gasteiger partial charge in [0.05, 0.1) is 0 Å². The molecule has 0 heterocycles. The highest BCUT2D eigenvalue weighted by atomic mass is 16.3. The first-order valence-corrected chi connectivity index (χ1v) is 6.32. The van der Waals surface area contributed by atoms with Crippen molar-refractivity contribution in [2.24, 2.45) is 0 Å². The Labute approximate surface area is 105 Å². The molecule has 2 heteroatoms. The lowest BCUT2D eigenvalue weighted by Gasteiger charge is -2.04. The molecule has 0 saturated heterocycles. The van der Waals surface area contributed by atoms with Gasteiger partial charge in [0.15, 0.2) is 0 Å². The zero-order chi connectivity index (χ0) is 13.1. The second kappa shape index (κ2) is 10.3. The van der Waals surface area contributed by atoms with Gasteiger partial charge in [0.25, 0.3) is 0 Å². The van der Waals surface area contributed by atoms with E-state index in [2.05, 4.69) is 32.6 Å². The van der Waals surface area contributed by atoms with E-state index < -0.39 is 0 Å². The van der Waals surface area contributed by atoms with Gasteiger partial charge in [-0.3, -0.25) is 0 Å². The molecule has 0 aromatic carbocycles. The van der Waals surface area contributed by atoms with Crippen molar-refractivity contribution in [3.8, 4) is 0 Å². The Morgan fingerprint density at radius 1 is 1.06 bits per heavy atom. The first-order chi connectivity index (χ1) is 8.10. The molecule has 98 valence electrons. The van der Waals surface area contributed by atoms with Gasteiger partial charge in [0.2, 0.25) is 0 Å². The normalized spacial score (nSPS) is 12.9. The maximum atomic E-state index is 8.72.